The van der Waals surface area contributed by atoms with Crippen molar-refractivity contribution in [3.8, 4) is 67.5 Å². The summed E-state index contributed by atoms with van der Waals surface area (Å²) in [7, 11) is 0. The minimum atomic E-state index is -0.116. The summed E-state index contributed by atoms with van der Waals surface area (Å²) >= 11 is 0. The van der Waals surface area contributed by atoms with Crippen molar-refractivity contribution in [3.63, 3.8) is 0 Å². The first-order valence-electron chi connectivity index (χ1n) is 15.4. The normalized spacial score (nSPS) is 12.8. The highest BCUT2D eigenvalue weighted by Crippen LogP contribution is 2.49. The Morgan fingerprint density at radius 1 is 0.333 bits per heavy atom. The second-order valence-corrected chi connectivity index (χ2v) is 12.1. The smallest absolute Gasteiger partial charge is 0.164 e. The van der Waals surface area contributed by atoms with Crippen molar-refractivity contribution in [3.05, 3.63) is 163 Å². The van der Waals surface area contributed by atoms with Crippen LogP contribution in [0.2, 0.25) is 0 Å². The molecule has 214 valence electrons. The molecule has 0 aliphatic heterocycles. The highest BCUT2D eigenvalue weighted by Gasteiger charge is 2.35. The number of hydrogen-bond donors (Lipinski definition) is 0. The molecule has 8 rings (SSSR count). The van der Waals surface area contributed by atoms with Crippen LogP contribution in [0.5, 0.6) is 0 Å². The van der Waals surface area contributed by atoms with E-state index in [1.165, 1.54) is 22.3 Å². The highest BCUT2D eigenvalue weighted by molar-refractivity contribution is 5.84. The van der Waals surface area contributed by atoms with Gasteiger partial charge in [-0.1, -0.05) is 141 Å². The molecule has 3 nitrogen and oxygen atoms in total. The van der Waals surface area contributed by atoms with E-state index in [-0.39, 0.29) is 5.41 Å². The molecule has 0 saturated carbocycles. The zero-order valence-electron chi connectivity index (χ0n) is 25.3. The van der Waals surface area contributed by atoms with Crippen LogP contribution in [-0.2, 0) is 5.41 Å². The van der Waals surface area contributed by atoms with Crippen LogP contribution >= 0.6 is 0 Å². The van der Waals surface area contributed by atoms with Gasteiger partial charge in [-0.05, 0) is 68.8 Å². The van der Waals surface area contributed by atoms with Crippen molar-refractivity contribution in [1.82, 2.24) is 15.0 Å². The molecular formula is C42H31N3. The zero-order valence-corrected chi connectivity index (χ0v) is 25.3. The van der Waals surface area contributed by atoms with Crippen molar-refractivity contribution in [1.29, 1.82) is 0 Å². The Morgan fingerprint density at radius 3 is 1.38 bits per heavy atom. The predicted octanol–water partition coefficient (Wildman–Crippen LogP) is 10.5. The van der Waals surface area contributed by atoms with E-state index in [9.17, 15) is 0 Å². The quantitative estimate of drug-likeness (QED) is 0.204. The average molecular weight is 578 g/mol. The Morgan fingerprint density at radius 2 is 0.778 bits per heavy atom. The number of rotatable bonds is 5. The molecule has 45 heavy (non-hydrogen) atoms. The molecule has 1 heterocycles. The van der Waals surface area contributed by atoms with Gasteiger partial charge in [-0.2, -0.15) is 0 Å². The van der Waals surface area contributed by atoms with E-state index in [4.69, 9.17) is 15.0 Å². The SMILES string of the molecule is CC1(C)c2ccccc2-c2ccc(-c3nc(-c4ccccc4)nc(-c4cc(-c5ccccc5)cc(-c5ccccc5)c4)n3)cc21. The van der Waals surface area contributed by atoms with E-state index in [1.807, 2.05) is 30.3 Å². The van der Waals surface area contributed by atoms with Crippen LogP contribution in [0.4, 0.5) is 0 Å². The van der Waals surface area contributed by atoms with Gasteiger partial charge in [-0.3, -0.25) is 0 Å². The molecule has 0 fully saturated rings. The van der Waals surface area contributed by atoms with Crippen molar-refractivity contribution in [2.75, 3.05) is 0 Å². The van der Waals surface area contributed by atoms with Crippen molar-refractivity contribution in [2.45, 2.75) is 19.3 Å². The Bertz CT molecular complexity index is 2110. The molecule has 0 spiro atoms. The zero-order chi connectivity index (χ0) is 30.4. The van der Waals surface area contributed by atoms with E-state index < -0.39 is 0 Å². The number of fused-ring (bicyclic) bond motifs is 3. The van der Waals surface area contributed by atoms with Gasteiger partial charge >= 0.3 is 0 Å². The van der Waals surface area contributed by atoms with Crippen molar-refractivity contribution in [2.24, 2.45) is 0 Å². The van der Waals surface area contributed by atoms with Gasteiger partial charge in [0.1, 0.15) is 0 Å². The van der Waals surface area contributed by atoms with Gasteiger partial charge in [0.25, 0.3) is 0 Å². The van der Waals surface area contributed by atoms with Crippen LogP contribution in [0.15, 0.2) is 152 Å². The molecule has 0 N–H and O–H groups in total. The molecule has 0 bridgehead atoms. The minimum absolute atomic E-state index is 0.116. The van der Waals surface area contributed by atoms with E-state index >= 15 is 0 Å². The van der Waals surface area contributed by atoms with Crippen LogP contribution in [-0.4, -0.2) is 15.0 Å². The summed E-state index contributed by atoms with van der Waals surface area (Å²) in [5.41, 5.74) is 12.5. The summed E-state index contributed by atoms with van der Waals surface area (Å²) < 4.78 is 0. The van der Waals surface area contributed by atoms with Gasteiger partial charge in [0, 0.05) is 22.1 Å². The first-order chi connectivity index (χ1) is 22.0. The summed E-state index contributed by atoms with van der Waals surface area (Å²) in [6.07, 6.45) is 0. The maximum atomic E-state index is 5.17. The molecule has 0 radical (unpaired) electrons. The Balaban J connectivity index is 1.33. The van der Waals surface area contributed by atoms with E-state index in [0.717, 1.165) is 38.9 Å². The van der Waals surface area contributed by atoms with Gasteiger partial charge in [0.2, 0.25) is 0 Å². The molecule has 3 heteroatoms. The highest BCUT2D eigenvalue weighted by atomic mass is 15.0. The van der Waals surface area contributed by atoms with Crippen LogP contribution in [0, 0.1) is 0 Å². The summed E-state index contributed by atoms with van der Waals surface area (Å²) in [5, 5.41) is 0. The molecule has 0 atom stereocenters. The van der Waals surface area contributed by atoms with Gasteiger partial charge in [0.05, 0.1) is 0 Å². The number of nitrogens with zero attached hydrogens (tertiary/aromatic N) is 3. The average Bonchev–Trinajstić information content (AvgIpc) is 3.34. The second-order valence-electron chi connectivity index (χ2n) is 12.1. The number of hydrogen-bond acceptors (Lipinski definition) is 3. The van der Waals surface area contributed by atoms with E-state index in [0.29, 0.717) is 17.5 Å². The summed E-state index contributed by atoms with van der Waals surface area (Å²) in [5.74, 6) is 1.97. The maximum Gasteiger partial charge on any atom is 0.164 e. The third-order valence-electron chi connectivity index (χ3n) is 8.91. The van der Waals surface area contributed by atoms with Gasteiger partial charge in [-0.15, -0.1) is 0 Å². The molecule has 1 aromatic heterocycles. The minimum Gasteiger partial charge on any atom is -0.208 e. The largest absolute Gasteiger partial charge is 0.208 e. The monoisotopic (exact) mass is 577 g/mol. The second kappa shape index (κ2) is 10.8. The Labute approximate surface area is 264 Å². The third kappa shape index (κ3) is 4.83. The molecule has 0 amide bonds. The van der Waals surface area contributed by atoms with Gasteiger partial charge in [-0.25, -0.2) is 15.0 Å². The lowest BCUT2D eigenvalue weighted by molar-refractivity contribution is 0.660. The van der Waals surface area contributed by atoms with Gasteiger partial charge in [0.15, 0.2) is 17.5 Å². The van der Waals surface area contributed by atoms with Crippen LogP contribution in [0.1, 0.15) is 25.0 Å². The van der Waals surface area contributed by atoms with Crippen molar-refractivity contribution >= 4 is 0 Å². The molecule has 6 aromatic carbocycles. The fraction of sp³-hybridized carbons (Fsp3) is 0.0714. The molecule has 0 saturated heterocycles. The van der Waals surface area contributed by atoms with E-state index in [2.05, 4.69) is 135 Å². The van der Waals surface area contributed by atoms with Crippen LogP contribution in [0.25, 0.3) is 67.5 Å². The van der Waals surface area contributed by atoms with Gasteiger partial charge < -0.3 is 0 Å². The van der Waals surface area contributed by atoms with Crippen LogP contribution in [0.3, 0.4) is 0 Å². The summed E-state index contributed by atoms with van der Waals surface area (Å²) in [6.45, 7) is 4.60. The fourth-order valence-electron chi connectivity index (χ4n) is 6.55. The lowest BCUT2D eigenvalue weighted by Gasteiger charge is -2.21. The first-order valence-corrected chi connectivity index (χ1v) is 15.4. The number of benzene rings is 6. The van der Waals surface area contributed by atoms with Crippen molar-refractivity contribution < 1.29 is 0 Å². The molecule has 1 aliphatic carbocycles. The predicted molar refractivity (Wildman–Crippen MR) is 185 cm³/mol. The lowest BCUT2D eigenvalue weighted by Crippen LogP contribution is -2.15. The number of aromatic nitrogens is 3. The molecule has 0 unspecified atom stereocenters. The molecule has 7 aromatic rings. The molecule has 1 aliphatic rings. The topological polar surface area (TPSA) is 38.7 Å². The maximum absolute atomic E-state index is 5.17. The standard InChI is InChI=1S/C42H31N3/c1-42(2)37-21-13-12-20-35(37)36-23-22-31(27-38(36)42)40-43-39(30-18-10-5-11-19-30)44-41(45-40)34-25-32(28-14-6-3-7-15-28)24-33(26-34)29-16-8-4-9-17-29/h3-27H,1-2H3. The summed E-state index contributed by atoms with van der Waals surface area (Å²) in [6, 6.07) is 53.2. The van der Waals surface area contributed by atoms with Crippen LogP contribution < -0.4 is 0 Å². The summed E-state index contributed by atoms with van der Waals surface area (Å²) in [4.78, 5) is 15.3. The van der Waals surface area contributed by atoms with E-state index in [1.54, 1.807) is 0 Å². The third-order valence-corrected chi connectivity index (χ3v) is 8.91. The fourth-order valence-corrected chi connectivity index (χ4v) is 6.55. The Hall–Kier alpha value is -5.67. The Kier molecular flexibility index (Phi) is 6.46. The first kappa shape index (κ1) is 26.9. The molecular weight excluding hydrogens is 546 g/mol. The lowest BCUT2D eigenvalue weighted by atomic mass is 9.82.